The van der Waals surface area contributed by atoms with E-state index in [4.69, 9.17) is 4.74 Å². The molecule has 2 aliphatic rings. The molecule has 2 fully saturated rings. The lowest BCUT2D eigenvalue weighted by atomic mass is 9.73. The van der Waals surface area contributed by atoms with Crippen molar-refractivity contribution in [3.63, 3.8) is 0 Å². The van der Waals surface area contributed by atoms with Gasteiger partial charge >= 0.3 is 0 Å². The Morgan fingerprint density at radius 1 is 1.22 bits per heavy atom. The molecule has 4 N–H and O–H groups in total. The first-order valence-corrected chi connectivity index (χ1v) is 10.6. The third-order valence-electron chi connectivity index (χ3n) is 5.70. The van der Waals surface area contributed by atoms with Gasteiger partial charge in [0.15, 0.2) is 11.6 Å². The van der Waals surface area contributed by atoms with Gasteiger partial charge in [0.2, 0.25) is 0 Å². The lowest BCUT2D eigenvalue weighted by Gasteiger charge is -2.49. The molecule has 0 aromatic heterocycles. The van der Waals surface area contributed by atoms with Crippen molar-refractivity contribution in [2.24, 2.45) is 22.7 Å². The number of aliphatic hydroxyl groups is 4. The van der Waals surface area contributed by atoms with Crippen LogP contribution in [0.2, 0.25) is 0 Å². The van der Waals surface area contributed by atoms with E-state index in [-0.39, 0.29) is 16.6 Å². The summed E-state index contributed by atoms with van der Waals surface area (Å²) in [5.74, 6) is -2.28. The summed E-state index contributed by atoms with van der Waals surface area (Å²) in [7, 11) is 0. The molecule has 1 heterocycles. The Morgan fingerprint density at radius 2 is 1.85 bits per heavy atom. The van der Waals surface area contributed by atoms with Crippen molar-refractivity contribution < 1.29 is 30.0 Å². The SMILES string of the molecule is CC(=O)C=CC(C)(C)CC(C)(C)CCSC1OC2(O)C(CO)C(O)C(O)C12. The van der Waals surface area contributed by atoms with Crippen LogP contribution in [0.4, 0.5) is 0 Å². The highest BCUT2D eigenvalue weighted by Gasteiger charge is 2.70. The van der Waals surface area contributed by atoms with Gasteiger partial charge in [0.1, 0.15) is 5.44 Å². The van der Waals surface area contributed by atoms with E-state index in [0.29, 0.717) is 0 Å². The van der Waals surface area contributed by atoms with Gasteiger partial charge in [0.05, 0.1) is 30.7 Å². The maximum atomic E-state index is 11.2. The van der Waals surface area contributed by atoms with Crippen LogP contribution in [-0.2, 0) is 9.53 Å². The Morgan fingerprint density at radius 3 is 2.41 bits per heavy atom. The lowest BCUT2D eigenvalue weighted by molar-refractivity contribution is -0.355. The maximum Gasteiger partial charge on any atom is 0.183 e. The number of fused-ring (bicyclic) bond motifs is 1. The monoisotopic (exact) mass is 402 g/mol. The lowest BCUT2D eigenvalue weighted by Crippen LogP contribution is -2.61. The van der Waals surface area contributed by atoms with Crippen LogP contribution in [0.25, 0.3) is 0 Å². The smallest absolute Gasteiger partial charge is 0.183 e. The van der Waals surface area contributed by atoms with Crippen LogP contribution in [0.1, 0.15) is 47.5 Å². The molecule has 0 radical (unpaired) electrons. The first-order valence-electron chi connectivity index (χ1n) is 9.51. The van der Waals surface area contributed by atoms with E-state index < -0.39 is 41.9 Å². The fourth-order valence-electron chi connectivity index (χ4n) is 4.45. The van der Waals surface area contributed by atoms with E-state index in [1.165, 1.54) is 11.8 Å². The summed E-state index contributed by atoms with van der Waals surface area (Å²) >= 11 is 1.52. The quantitative estimate of drug-likeness (QED) is 0.435. The van der Waals surface area contributed by atoms with Crippen LogP contribution >= 0.6 is 11.8 Å². The zero-order chi connectivity index (χ0) is 20.6. The van der Waals surface area contributed by atoms with E-state index in [0.717, 1.165) is 18.6 Å². The number of aliphatic hydroxyl groups excluding tert-OH is 3. The van der Waals surface area contributed by atoms with E-state index in [1.807, 2.05) is 6.08 Å². The molecule has 0 aromatic carbocycles. The first-order chi connectivity index (χ1) is 12.3. The van der Waals surface area contributed by atoms with Crippen LogP contribution in [-0.4, -0.2) is 62.0 Å². The summed E-state index contributed by atoms with van der Waals surface area (Å²) in [4.78, 5) is 11.2. The minimum Gasteiger partial charge on any atom is -0.396 e. The van der Waals surface area contributed by atoms with Gasteiger partial charge in [-0.2, -0.15) is 0 Å². The molecule has 6 atom stereocenters. The second kappa shape index (κ2) is 8.13. The Labute approximate surface area is 166 Å². The van der Waals surface area contributed by atoms with Crippen LogP contribution < -0.4 is 0 Å². The summed E-state index contributed by atoms with van der Waals surface area (Å²) in [5, 5.41) is 40.0. The summed E-state index contributed by atoms with van der Waals surface area (Å²) < 4.78 is 5.57. The molecule has 1 aliphatic heterocycles. The van der Waals surface area contributed by atoms with Gasteiger partial charge < -0.3 is 25.2 Å². The van der Waals surface area contributed by atoms with Gasteiger partial charge in [-0.25, -0.2) is 0 Å². The maximum absolute atomic E-state index is 11.2. The number of hydrogen-bond acceptors (Lipinski definition) is 7. The molecule has 0 amide bonds. The van der Waals surface area contributed by atoms with E-state index >= 15 is 0 Å². The molecule has 2 rings (SSSR count). The van der Waals surface area contributed by atoms with Gasteiger partial charge in [0.25, 0.3) is 0 Å². The Kier molecular flexibility index (Phi) is 6.87. The average Bonchev–Trinajstić information content (AvgIpc) is 2.64. The van der Waals surface area contributed by atoms with E-state index in [1.54, 1.807) is 13.0 Å². The average molecular weight is 403 g/mol. The van der Waals surface area contributed by atoms with E-state index in [9.17, 15) is 25.2 Å². The molecule has 0 spiro atoms. The highest BCUT2D eigenvalue weighted by Crippen LogP contribution is 2.56. The van der Waals surface area contributed by atoms with E-state index in [2.05, 4.69) is 27.7 Å². The normalized spacial score (nSPS) is 36.7. The van der Waals surface area contributed by atoms with Crippen molar-refractivity contribution in [3.8, 4) is 0 Å². The molecule has 156 valence electrons. The number of carbonyl (C=O) groups excluding carboxylic acids is 1. The number of carbonyl (C=O) groups is 1. The highest BCUT2D eigenvalue weighted by molar-refractivity contribution is 7.99. The number of hydrogen-bond donors (Lipinski definition) is 4. The molecule has 1 saturated carbocycles. The summed E-state index contributed by atoms with van der Waals surface area (Å²) in [6.07, 6.45) is 3.13. The molecule has 0 bridgehead atoms. The number of allylic oxidation sites excluding steroid dienone is 2. The highest BCUT2D eigenvalue weighted by atomic mass is 32.2. The van der Waals surface area contributed by atoms with Crippen molar-refractivity contribution in [2.45, 2.75) is 70.9 Å². The second-order valence-corrected chi connectivity index (χ2v) is 10.6. The molecule has 27 heavy (non-hydrogen) atoms. The van der Waals surface area contributed by atoms with Crippen molar-refractivity contribution >= 4 is 17.5 Å². The largest absolute Gasteiger partial charge is 0.396 e. The van der Waals surface area contributed by atoms with Gasteiger partial charge in [-0.3, -0.25) is 4.79 Å². The minimum atomic E-state index is -1.64. The van der Waals surface area contributed by atoms with Gasteiger partial charge in [-0.05, 0) is 42.4 Å². The van der Waals surface area contributed by atoms with Gasteiger partial charge in [-0.1, -0.05) is 33.8 Å². The third-order valence-corrected chi connectivity index (χ3v) is 6.86. The fourth-order valence-corrected chi connectivity index (χ4v) is 6.14. The van der Waals surface area contributed by atoms with Crippen LogP contribution in [0, 0.1) is 22.7 Å². The van der Waals surface area contributed by atoms with Crippen LogP contribution in [0.15, 0.2) is 12.2 Å². The first kappa shape index (κ1) is 22.8. The second-order valence-electron chi connectivity index (χ2n) is 9.43. The number of rotatable bonds is 9. The van der Waals surface area contributed by atoms with Crippen LogP contribution in [0.3, 0.4) is 0 Å². The number of thioether (sulfide) groups is 1. The van der Waals surface area contributed by atoms with Crippen molar-refractivity contribution in [1.82, 2.24) is 0 Å². The number of ketones is 1. The third kappa shape index (κ3) is 4.95. The standard InChI is InChI=1S/C20H34O6S/c1-12(22)6-7-18(2,3)11-19(4,5)8-9-27-17-14-16(24)15(23)13(10-21)20(14,25)26-17/h6-7,13-17,21,23-25H,8-11H2,1-5H3. The Balaban J connectivity index is 1.85. The predicted octanol–water partition coefficient (Wildman–Crippen LogP) is 1.70. The predicted molar refractivity (Wildman–Crippen MR) is 105 cm³/mol. The molecule has 7 heteroatoms. The molecule has 6 nitrogen and oxygen atoms in total. The zero-order valence-corrected chi connectivity index (χ0v) is 17.7. The van der Waals surface area contributed by atoms with Crippen molar-refractivity contribution in [3.05, 3.63) is 12.2 Å². The molecule has 1 saturated heterocycles. The number of ether oxygens (including phenoxy) is 1. The fraction of sp³-hybridized carbons (Fsp3) is 0.850. The molecule has 1 aliphatic carbocycles. The molecule has 0 aromatic rings. The Bertz CT molecular complexity index is 575. The Hall–Kier alpha value is -0.440. The summed E-state index contributed by atoms with van der Waals surface area (Å²) in [6.45, 7) is 9.71. The minimum absolute atomic E-state index is 0.0408. The van der Waals surface area contributed by atoms with Crippen LogP contribution in [0.5, 0.6) is 0 Å². The zero-order valence-electron chi connectivity index (χ0n) is 16.9. The topological polar surface area (TPSA) is 107 Å². The van der Waals surface area contributed by atoms with Crippen molar-refractivity contribution in [1.29, 1.82) is 0 Å². The molecule has 6 unspecified atom stereocenters. The summed E-state index contributed by atoms with van der Waals surface area (Å²) in [6, 6.07) is 0. The van der Waals surface area contributed by atoms with Gasteiger partial charge in [0, 0.05) is 0 Å². The molecular weight excluding hydrogens is 368 g/mol. The molecular formula is C20H34O6S. The van der Waals surface area contributed by atoms with Crippen molar-refractivity contribution in [2.75, 3.05) is 12.4 Å². The summed E-state index contributed by atoms with van der Waals surface area (Å²) in [5.41, 5.74) is -0.440. The van der Waals surface area contributed by atoms with Gasteiger partial charge in [-0.15, -0.1) is 11.8 Å².